The normalized spacial score (nSPS) is 28.2. The van der Waals surface area contributed by atoms with Crippen LogP contribution < -0.4 is 0 Å². The number of carbonyl (C=O) groups excluding carboxylic acids is 1. The highest BCUT2D eigenvalue weighted by Crippen LogP contribution is 2.42. The van der Waals surface area contributed by atoms with E-state index in [0.29, 0.717) is 0 Å². The first-order valence-electron chi connectivity index (χ1n) is 11.8. The number of halogens is 3. The second-order valence-electron chi connectivity index (χ2n) is 9.50. The smallest absolute Gasteiger partial charge is 0.238 e. The Morgan fingerprint density at radius 2 is 1.84 bits per heavy atom. The Labute approximate surface area is 220 Å². The molecule has 0 unspecified atom stereocenters. The lowest BCUT2D eigenvalue weighted by atomic mass is 9.89. The third kappa shape index (κ3) is 5.54. The summed E-state index contributed by atoms with van der Waals surface area (Å²) >= 11 is 0.850. The van der Waals surface area contributed by atoms with Gasteiger partial charge in [0.05, 0.1) is 18.4 Å². The van der Waals surface area contributed by atoms with Crippen molar-refractivity contribution >= 4 is 17.7 Å². The maximum Gasteiger partial charge on any atom is 0.238 e. The van der Waals surface area contributed by atoms with Crippen LogP contribution in [0.1, 0.15) is 18.9 Å². The highest BCUT2D eigenvalue weighted by molar-refractivity contribution is 8.01. The lowest BCUT2D eigenvalue weighted by molar-refractivity contribution is -0.179. The summed E-state index contributed by atoms with van der Waals surface area (Å²) in [6, 6.07) is 0.185. The summed E-state index contributed by atoms with van der Waals surface area (Å²) < 4.78 is 53.0. The van der Waals surface area contributed by atoms with E-state index < -0.39 is 70.6 Å². The van der Waals surface area contributed by atoms with Gasteiger partial charge in [0.15, 0.2) is 17.5 Å². The number of aliphatic hydroxyl groups is 4. The van der Waals surface area contributed by atoms with Gasteiger partial charge in [-0.1, -0.05) is 5.21 Å². The fraction of sp³-hybridized carbons (Fsp3) is 0.609. The summed E-state index contributed by atoms with van der Waals surface area (Å²) in [6.07, 6.45) is -2.72. The maximum atomic E-state index is 13.7. The first kappa shape index (κ1) is 28.7. The number of carbonyl (C=O) groups is 1. The average Bonchev–Trinajstić information content (AvgIpc) is 3.36. The fourth-order valence-corrected chi connectivity index (χ4v) is 6.13. The molecule has 0 spiro atoms. The zero-order chi connectivity index (χ0) is 27.8. The van der Waals surface area contributed by atoms with E-state index in [1.807, 2.05) is 0 Å². The van der Waals surface area contributed by atoms with E-state index in [1.165, 1.54) is 25.2 Å². The number of aromatic nitrogens is 3. The van der Waals surface area contributed by atoms with Crippen molar-refractivity contribution in [3.05, 3.63) is 35.8 Å². The molecule has 210 valence electrons. The molecule has 2 aliphatic rings. The number of hydrogen-bond donors (Lipinski definition) is 4. The van der Waals surface area contributed by atoms with Crippen LogP contribution in [0.25, 0.3) is 11.3 Å². The summed E-state index contributed by atoms with van der Waals surface area (Å²) in [4.78, 5) is 14.4. The van der Waals surface area contributed by atoms with E-state index in [9.17, 15) is 38.4 Å². The molecule has 4 N–H and O–H groups in total. The molecule has 2 saturated heterocycles. The van der Waals surface area contributed by atoms with Gasteiger partial charge in [0.1, 0.15) is 40.7 Å². The van der Waals surface area contributed by atoms with E-state index in [0.717, 1.165) is 28.6 Å². The molecule has 2 fully saturated rings. The molecule has 1 amide bonds. The van der Waals surface area contributed by atoms with Crippen LogP contribution in [0, 0.1) is 17.5 Å². The van der Waals surface area contributed by atoms with Crippen molar-refractivity contribution in [3.63, 3.8) is 0 Å². The lowest BCUT2D eigenvalue weighted by Gasteiger charge is -2.45. The largest absolute Gasteiger partial charge is 0.394 e. The third-order valence-corrected chi connectivity index (χ3v) is 8.30. The Morgan fingerprint density at radius 1 is 1.21 bits per heavy atom. The van der Waals surface area contributed by atoms with E-state index in [4.69, 9.17) is 9.47 Å². The standard InChI is InChI=1S/C23H29F3N4O7S/c1-29(2)21(34)20(23(35)3-5-36-6-4-23)38-22-19(33)17(18(32)15(10-31)37-22)30-9-14(27-28-30)11-7-12(24)16(26)13(25)8-11/h7-9,15,17-20,22,31-33,35H,3-6,10H2,1-2H3/t15-,17+,18+,19-,20-,22+/m1/s1. The van der Waals surface area contributed by atoms with Gasteiger partial charge in [-0.15, -0.1) is 16.9 Å². The molecular formula is C23H29F3N4O7S. The fourth-order valence-electron chi connectivity index (χ4n) is 4.52. The van der Waals surface area contributed by atoms with Gasteiger partial charge < -0.3 is 34.8 Å². The molecule has 3 heterocycles. The van der Waals surface area contributed by atoms with Gasteiger partial charge in [-0.25, -0.2) is 17.9 Å². The molecule has 6 atom stereocenters. The summed E-state index contributed by atoms with van der Waals surface area (Å²) in [5.74, 6) is -4.93. The van der Waals surface area contributed by atoms with Gasteiger partial charge in [0.2, 0.25) is 5.91 Å². The average molecular weight is 563 g/mol. The van der Waals surface area contributed by atoms with Crippen LogP contribution in [0.5, 0.6) is 0 Å². The van der Waals surface area contributed by atoms with Crippen LogP contribution in [0.4, 0.5) is 13.2 Å². The molecule has 2 aliphatic heterocycles. The summed E-state index contributed by atoms with van der Waals surface area (Å²) in [6.45, 7) is -0.188. The molecule has 11 nitrogen and oxygen atoms in total. The first-order valence-corrected chi connectivity index (χ1v) is 12.8. The minimum Gasteiger partial charge on any atom is -0.394 e. The topological polar surface area (TPSA) is 150 Å². The quantitative estimate of drug-likeness (QED) is 0.342. The van der Waals surface area contributed by atoms with Crippen molar-refractivity contribution in [2.75, 3.05) is 33.9 Å². The van der Waals surface area contributed by atoms with E-state index in [1.54, 1.807) is 0 Å². The summed E-state index contributed by atoms with van der Waals surface area (Å²) in [7, 11) is 3.05. The van der Waals surface area contributed by atoms with Crippen molar-refractivity contribution in [1.29, 1.82) is 0 Å². The highest BCUT2D eigenvalue weighted by atomic mass is 32.2. The molecule has 0 radical (unpaired) electrons. The second-order valence-corrected chi connectivity index (χ2v) is 10.7. The predicted molar refractivity (Wildman–Crippen MR) is 127 cm³/mol. The van der Waals surface area contributed by atoms with Crippen LogP contribution in [-0.2, 0) is 14.3 Å². The third-order valence-electron chi connectivity index (χ3n) is 6.73. The van der Waals surface area contributed by atoms with Crippen LogP contribution >= 0.6 is 11.8 Å². The van der Waals surface area contributed by atoms with Crippen molar-refractivity contribution in [2.24, 2.45) is 0 Å². The summed E-state index contributed by atoms with van der Waals surface area (Å²) in [5.41, 5.74) is -2.89. The van der Waals surface area contributed by atoms with Crippen LogP contribution in [0.2, 0.25) is 0 Å². The van der Waals surface area contributed by atoms with E-state index >= 15 is 0 Å². The molecule has 1 aromatic carbocycles. The maximum absolute atomic E-state index is 13.7. The number of thioether (sulfide) groups is 1. The molecule has 4 rings (SSSR count). The number of nitrogens with zero attached hydrogens (tertiary/aromatic N) is 4. The Balaban J connectivity index is 1.64. The minimum absolute atomic E-state index is 0.0735. The lowest BCUT2D eigenvalue weighted by Crippen LogP contribution is -2.58. The molecule has 15 heteroatoms. The van der Waals surface area contributed by atoms with Gasteiger partial charge in [-0.2, -0.15) is 0 Å². The number of rotatable bonds is 7. The van der Waals surface area contributed by atoms with Crippen LogP contribution in [0.3, 0.4) is 0 Å². The van der Waals surface area contributed by atoms with E-state index in [-0.39, 0.29) is 37.3 Å². The Kier molecular flexibility index (Phi) is 8.66. The van der Waals surface area contributed by atoms with E-state index in [2.05, 4.69) is 10.3 Å². The van der Waals surface area contributed by atoms with Gasteiger partial charge >= 0.3 is 0 Å². The van der Waals surface area contributed by atoms with Crippen molar-refractivity contribution in [3.8, 4) is 11.3 Å². The van der Waals surface area contributed by atoms with Crippen LogP contribution in [-0.4, -0.2) is 115 Å². The van der Waals surface area contributed by atoms with Gasteiger partial charge in [0.25, 0.3) is 0 Å². The molecule has 0 saturated carbocycles. The number of benzene rings is 1. The Morgan fingerprint density at radius 3 is 2.42 bits per heavy atom. The Hall–Kier alpha value is -2.27. The van der Waals surface area contributed by atoms with Gasteiger partial charge in [0, 0.05) is 45.7 Å². The molecule has 0 aliphatic carbocycles. The van der Waals surface area contributed by atoms with Gasteiger partial charge in [-0.05, 0) is 12.1 Å². The van der Waals surface area contributed by atoms with Crippen LogP contribution in [0.15, 0.2) is 18.3 Å². The number of aliphatic hydroxyl groups excluding tert-OH is 3. The van der Waals surface area contributed by atoms with Crippen molar-refractivity contribution < 1.29 is 47.9 Å². The number of amides is 1. The molecule has 38 heavy (non-hydrogen) atoms. The highest BCUT2D eigenvalue weighted by Gasteiger charge is 2.51. The Bertz CT molecular complexity index is 1130. The zero-order valence-electron chi connectivity index (χ0n) is 20.6. The number of ether oxygens (including phenoxy) is 2. The second kappa shape index (κ2) is 11.5. The molecular weight excluding hydrogens is 533 g/mol. The van der Waals surface area contributed by atoms with Crippen molar-refractivity contribution in [2.45, 2.75) is 53.5 Å². The zero-order valence-corrected chi connectivity index (χ0v) is 21.4. The summed E-state index contributed by atoms with van der Waals surface area (Å²) in [5, 5.41) is 49.9. The molecule has 2 aromatic rings. The minimum atomic E-state index is -1.64. The SMILES string of the molecule is CN(C)C(=O)[C@@H](S[C@@H]1O[C@H](CO)[C@H](O)[C@H](n2cc(-c3cc(F)c(F)c(F)c3)nn2)[C@H]1O)C1(O)CCOCC1. The van der Waals surface area contributed by atoms with Crippen molar-refractivity contribution in [1.82, 2.24) is 19.9 Å². The molecule has 0 bridgehead atoms. The number of hydrogen-bond acceptors (Lipinski definition) is 10. The predicted octanol–water partition coefficient (Wildman–Crippen LogP) is 0.0740. The monoisotopic (exact) mass is 562 g/mol. The molecule has 1 aromatic heterocycles. The first-order chi connectivity index (χ1) is 18.0. The van der Waals surface area contributed by atoms with Gasteiger partial charge in [-0.3, -0.25) is 4.79 Å².